The quantitative estimate of drug-likeness (QED) is 0.457. The Kier molecular flexibility index (Phi) is 6.73. The smallest absolute Gasteiger partial charge is 0.0170 e. The molecule has 0 heterocycles. The Hall–Kier alpha value is 0.430. The van der Waals surface area contributed by atoms with Crippen LogP contribution in [0.3, 0.4) is 0 Å². The molecule has 1 heteroatoms. The normalized spacial score (nSPS) is 13.6. The van der Waals surface area contributed by atoms with Crippen molar-refractivity contribution in [1.82, 2.24) is 0 Å². The zero-order valence-corrected chi connectivity index (χ0v) is 13.8. The highest BCUT2D eigenvalue weighted by Crippen LogP contribution is 2.66. The van der Waals surface area contributed by atoms with Crippen molar-refractivity contribution in [2.24, 2.45) is 0 Å². The first-order valence-electron chi connectivity index (χ1n) is 6.17. The lowest BCUT2D eigenvalue weighted by Crippen LogP contribution is -2.34. The fourth-order valence-corrected chi connectivity index (χ4v) is 9.06. The van der Waals surface area contributed by atoms with Gasteiger partial charge in [0.15, 0.2) is 0 Å². The van der Waals surface area contributed by atoms with Crippen LogP contribution in [0.15, 0.2) is 0 Å². The number of hydrogen-bond donors (Lipinski definition) is 0. The molecule has 0 bridgehead atoms. The van der Waals surface area contributed by atoms with Crippen LogP contribution in [-0.2, 0) is 0 Å². The van der Waals surface area contributed by atoms with E-state index in [9.17, 15) is 0 Å². The first kappa shape index (κ1) is 17.8. The van der Waals surface area contributed by atoms with E-state index in [1.54, 1.807) is 0 Å². The van der Waals surface area contributed by atoms with Gasteiger partial charge in [0.1, 0.15) is 0 Å². The van der Waals surface area contributed by atoms with E-state index >= 15 is 0 Å². The van der Waals surface area contributed by atoms with Crippen molar-refractivity contribution in [3.63, 3.8) is 0 Å². The van der Waals surface area contributed by atoms with E-state index in [-0.39, 0.29) is 7.92 Å². The molecule has 0 aliphatic carbocycles. The van der Waals surface area contributed by atoms with Crippen LogP contribution in [0, 0.1) is 0 Å². The van der Waals surface area contributed by atoms with Crippen molar-refractivity contribution in [2.75, 3.05) is 0 Å². The van der Waals surface area contributed by atoms with E-state index < -0.39 is 0 Å². The summed E-state index contributed by atoms with van der Waals surface area (Å²) in [7, 11) is 0.0162. The largest absolute Gasteiger partial charge is 0.0901 e. The summed E-state index contributed by atoms with van der Waals surface area (Å²) in [6.07, 6.45) is 0. The van der Waals surface area contributed by atoms with Crippen molar-refractivity contribution in [3.8, 4) is 0 Å². The molecular formula is C14H33P. The molecule has 0 saturated carbocycles. The van der Waals surface area contributed by atoms with Crippen LogP contribution < -0.4 is 0 Å². The molecule has 0 amide bonds. The molecule has 0 aromatic heterocycles. The Bertz CT molecular complexity index is 128. The van der Waals surface area contributed by atoms with Crippen LogP contribution in [0.1, 0.15) is 76.2 Å². The number of hydrogen-bond acceptors (Lipinski definition) is 0. The molecule has 0 nitrogen and oxygen atoms in total. The highest BCUT2D eigenvalue weighted by atomic mass is 31.1. The standard InChI is InChI=1S/C12H27P.C2H6/c1-10(2,3)13(11(4,5)6)12(7,8)9;1-2/h1-9H3;1-2H3. The Morgan fingerprint density at radius 2 is 0.600 bits per heavy atom. The second-order valence-electron chi connectivity index (χ2n) is 6.85. The Morgan fingerprint density at radius 3 is 0.600 bits per heavy atom. The van der Waals surface area contributed by atoms with Crippen molar-refractivity contribution in [2.45, 2.75) is 91.6 Å². The Balaban J connectivity index is 0. The fraction of sp³-hybridized carbons (Fsp3) is 1.00. The van der Waals surface area contributed by atoms with Crippen molar-refractivity contribution in [3.05, 3.63) is 0 Å². The first-order valence-corrected chi connectivity index (χ1v) is 7.51. The maximum atomic E-state index is 2.38. The van der Waals surface area contributed by atoms with Gasteiger partial charge in [0, 0.05) is 0 Å². The summed E-state index contributed by atoms with van der Waals surface area (Å²) in [6, 6.07) is 0. The molecule has 94 valence electrons. The third kappa shape index (κ3) is 6.56. The fourth-order valence-electron chi connectivity index (χ4n) is 3.02. The maximum Gasteiger partial charge on any atom is -0.0170 e. The van der Waals surface area contributed by atoms with Gasteiger partial charge in [-0.3, -0.25) is 0 Å². The van der Waals surface area contributed by atoms with Gasteiger partial charge in [-0.05, 0) is 15.5 Å². The van der Waals surface area contributed by atoms with Gasteiger partial charge in [-0.15, -0.1) is 0 Å². The molecule has 0 aliphatic rings. The summed E-state index contributed by atoms with van der Waals surface area (Å²) in [5.41, 5.74) is 0. The molecule has 0 unspecified atom stereocenters. The predicted molar refractivity (Wildman–Crippen MR) is 77.5 cm³/mol. The maximum absolute atomic E-state index is 2.38. The second kappa shape index (κ2) is 5.67. The van der Waals surface area contributed by atoms with Gasteiger partial charge in [-0.25, -0.2) is 0 Å². The van der Waals surface area contributed by atoms with E-state index in [0.29, 0.717) is 15.5 Å². The molecule has 15 heavy (non-hydrogen) atoms. The molecule has 0 fully saturated rings. The van der Waals surface area contributed by atoms with Gasteiger partial charge < -0.3 is 0 Å². The monoisotopic (exact) mass is 232 g/mol. The third-order valence-electron chi connectivity index (χ3n) is 2.01. The molecular weight excluding hydrogens is 199 g/mol. The lowest BCUT2D eigenvalue weighted by molar-refractivity contribution is 0.644. The molecule has 0 N–H and O–H groups in total. The van der Waals surface area contributed by atoms with Crippen molar-refractivity contribution >= 4 is 7.92 Å². The van der Waals surface area contributed by atoms with E-state index in [0.717, 1.165) is 0 Å². The van der Waals surface area contributed by atoms with Crippen LogP contribution >= 0.6 is 7.92 Å². The SMILES string of the molecule is CC.CC(C)(C)P(C(C)(C)C)C(C)(C)C. The summed E-state index contributed by atoms with van der Waals surface area (Å²) < 4.78 is 0. The third-order valence-corrected chi connectivity index (χ3v) is 6.04. The van der Waals surface area contributed by atoms with Gasteiger partial charge >= 0.3 is 0 Å². The topological polar surface area (TPSA) is 0 Å². The average molecular weight is 232 g/mol. The van der Waals surface area contributed by atoms with Crippen LogP contribution in [-0.4, -0.2) is 15.5 Å². The second-order valence-corrected chi connectivity index (χ2v) is 11.5. The molecule has 0 rings (SSSR count). The molecule has 0 saturated heterocycles. The summed E-state index contributed by atoms with van der Waals surface area (Å²) in [6.45, 7) is 25.5. The molecule has 0 spiro atoms. The van der Waals surface area contributed by atoms with Gasteiger partial charge in [-0.2, -0.15) is 0 Å². The lowest BCUT2D eigenvalue weighted by Gasteiger charge is -2.49. The summed E-state index contributed by atoms with van der Waals surface area (Å²) in [5.74, 6) is 0. The minimum Gasteiger partial charge on any atom is -0.0901 e. The molecule has 0 aliphatic heterocycles. The summed E-state index contributed by atoms with van der Waals surface area (Å²) in [4.78, 5) is 0. The lowest BCUT2D eigenvalue weighted by atomic mass is 10.2. The number of rotatable bonds is 0. The minimum atomic E-state index is 0.0162. The summed E-state index contributed by atoms with van der Waals surface area (Å²) >= 11 is 0. The zero-order valence-electron chi connectivity index (χ0n) is 12.9. The minimum absolute atomic E-state index is 0.0162. The van der Waals surface area contributed by atoms with Crippen molar-refractivity contribution < 1.29 is 0 Å². The Labute approximate surface area is 100.0 Å². The van der Waals surface area contributed by atoms with Crippen LogP contribution in [0.5, 0.6) is 0 Å². The highest BCUT2D eigenvalue weighted by molar-refractivity contribution is 7.62. The van der Waals surface area contributed by atoms with Crippen molar-refractivity contribution in [1.29, 1.82) is 0 Å². The molecule has 0 aromatic carbocycles. The van der Waals surface area contributed by atoms with Crippen LogP contribution in [0.25, 0.3) is 0 Å². The summed E-state index contributed by atoms with van der Waals surface area (Å²) in [5, 5.41) is 1.35. The molecule has 0 aromatic rings. The van der Waals surface area contributed by atoms with Gasteiger partial charge in [0.05, 0.1) is 0 Å². The van der Waals surface area contributed by atoms with E-state index in [2.05, 4.69) is 62.3 Å². The Morgan fingerprint density at radius 1 is 0.467 bits per heavy atom. The van der Waals surface area contributed by atoms with E-state index in [1.807, 2.05) is 13.8 Å². The van der Waals surface area contributed by atoms with Gasteiger partial charge in [0.25, 0.3) is 0 Å². The van der Waals surface area contributed by atoms with E-state index in [1.165, 1.54) is 0 Å². The predicted octanol–water partition coefficient (Wildman–Crippen LogP) is 5.89. The van der Waals surface area contributed by atoms with Gasteiger partial charge in [-0.1, -0.05) is 84.1 Å². The molecule has 0 radical (unpaired) electrons. The van der Waals surface area contributed by atoms with Gasteiger partial charge in [0.2, 0.25) is 0 Å². The zero-order chi connectivity index (χ0) is 13.1. The average Bonchev–Trinajstić information content (AvgIpc) is 1.79. The highest BCUT2D eigenvalue weighted by Gasteiger charge is 2.41. The van der Waals surface area contributed by atoms with Crippen LogP contribution in [0.4, 0.5) is 0 Å². The molecule has 0 atom stereocenters. The first-order chi connectivity index (χ1) is 6.37. The van der Waals surface area contributed by atoms with Crippen LogP contribution in [0.2, 0.25) is 0 Å². The van der Waals surface area contributed by atoms with E-state index in [4.69, 9.17) is 0 Å².